The lowest BCUT2D eigenvalue weighted by atomic mass is 10.2. The molecule has 0 amide bonds. The number of hydrogen-bond acceptors (Lipinski definition) is 4. The summed E-state index contributed by atoms with van der Waals surface area (Å²) in [6.45, 7) is 0.359. The molecular formula is C18H23F2N3O3. The minimum atomic E-state index is -2.89. The van der Waals surface area contributed by atoms with Crippen molar-refractivity contribution in [1.82, 2.24) is 10.6 Å². The molecule has 0 spiro atoms. The molecule has 0 saturated carbocycles. The Morgan fingerprint density at radius 3 is 2.73 bits per heavy atom. The van der Waals surface area contributed by atoms with Crippen molar-refractivity contribution in [3.8, 4) is 11.5 Å². The number of hydrogen-bond donors (Lipinski definition) is 2. The largest absolute Gasteiger partial charge is 0.490 e. The van der Waals surface area contributed by atoms with Crippen molar-refractivity contribution < 1.29 is 22.7 Å². The molecule has 0 fully saturated rings. The Morgan fingerprint density at radius 2 is 2.08 bits per heavy atom. The van der Waals surface area contributed by atoms with Crippen LogP contribution in [0.3, 0.4) is 0 Å². The van der Waals surface area contributed by atoms with Gasteiger partial charge in [-0.1, -0.05) is 6.07 Å². The number of aliphatic imine (C=N–C) groups is 1. The summed E-state index contributed by atoms with van der Waals surface area (Å²) in [7, 11) is 1.67. The van der Waals surface area contributed by atoms with Gasteiger partial charge in [0.05, 0.1) is 12.9 Å². The van der Waals surface area contributed by atoms with Crippen molar-refractivity contribution in [2.24, 2.45) is 4.99 Å². The van der Waals surface area contributed by atoms with Crippen LogP contribution in [0.15, 0.2) is 46.0 Å². The predicted octanol–water partition coefficient (Wildman–Crippen LogP) is 3.19. The third-order valence-electron chi connectivity index (χ3n) is 3.45. The fraction of sp³-hybridized carbons (Fsp3) is 0.389. The maximum atomic E-state index is 12.4. The maximum absolute atomic E-state index is 12.4. The first-order valence-corrected chi connectivity index (χ1v) is 8.29. The Hall–Kier alpha value is -2.77. The van der Waals surface area contributed by atoms with Gasteiger partial charge < -0.3 is 24.5 Å². The van der Waals surface area contributed by atoms with E-state index in [1.165, 1.54) is 6.07 Å². The van der Waals surface area contributed by atoms with Gasteiger partial charge >= 0.3 is 6.61 Å². The van der Waals surface area contributed by atoms with Crippen LogP contribution in [0.5, 0.6) is 11.5 Å². The van der Waals surface area contributed by atoms with Crippen molar-refractivity contribution in [3.05, 3.63) is 47.9 Å². The van der Waals surface area contributed by atoms with Crippen molar-refractivity contribution in [2.75, 3.05) is 20.2 Å². The van der Waals surface area contributed by atoms with Gasteiger partial charge in [-0.2, -0.15) is 8.78 Å². The summed E-state index contributed by atoms with van der Waals surface area (Å²) in [5, 5.41) is 6.34. The first-order valence-electron chi connectivity index (χ1n) is 8.29. The predicted molar refractivity (Wildman–Crippen MR) is 94.9 cm³/mol. The van der Waals surface area contributed by atoms with Gasteiger partial charge in [-0.3, -0.25) is 4.99 Å². The lowest BCUT2D eigenvalue weighted by Crippen LogP contribution is -2.37. The average Bonchev–Trinajstić information content (AvgIpc) is 3.13. The molecule has 0 atom stereocenters. The molecule has 2 N–H and O–H groups in total. The third-order valence-corrected chi connectivity index (χ3v) is 3.45. The molecule has 1 aromatic heterocycles. The summed E-state index contributed by atoms with van der Waals surface area (Å²) in [6, 6.07) is 8.60. The highest BCUT2D eigenvalue weighted by atomic mass is 19.3. The second kappa shape index (κ2) is 10.3. The Balaban J connectivity index is 1.88. The molecule has 26 heavy (non-hydrogen) atoms. The van der Waals surface area contributed by atoms with Crippen LogP contribution in [0.4, 0.5) is 8.78 Å². The van der Waals surface area contributed by atoms with Gasteiger partial charge in [-0.05, 0) is 36.8 Å². The molecule has 2 aromatic rings. The normalized spacial score (nSPS) is 11.5. The lowest BCUT2D eigenvalue weighted by Gasteiger charge is -2.14. The monoisotopic (exact) mass is 367 g/mol. The van der Waals surface area contributed by atoms with E-state index in [-0.39, 0.29) is 11.5 Å². The standard InChI is InChI=1S/C18H23F2N3O3/c1-3-24-16-11-13(6-7-15(16)26-17(19)20)12-23-18(21-2)22-9-8-14-5-4-10-25-14/h4-7,10-11,17H,3,8-9,12H2,1-2H3,(H2,21,22,23). The Morgan fingerprint density at radius 1 is 1.23 bits per heavy atom. The smallest absolute Gasteiger partial charge is 0.387 e. The van der Waals surface area contributed by atoms with E-state index in [1.54, 1.807) is 32.4 Å². The van der Waals surface area contributed by atoms with E-state index in [0.29, 0.717) is 25.7 Å². The summed E-state index contributed by atoms with van der Waals surface area (Å²) in [4.78, 5) is 4.15. The minimum absolute atomic E-state index is 0.0200. The molecule has 6 nitrogen and oxygen atoms in total. The number of alkyl halides is 2. The number of guanidine groups is 1. The Bertz CT molecular complexity index is 691. The van der Waals surface area contributed by atoms with E-state index in [4.69, 9.17) is 9.15 Å². The van der Waals surface area contributed by atoms with Crippen LogP contribution in [0.1, 0.15) is 18.2 Å². The summed E-state index contributed by atoms with van der Waals surface area (Å²) >= 11 is 0. The zero-order valence-electron chi connectivity index (χ0n) is 14.8. The molecule has 142 valence electrons. The summed E-state index contributed by atoms with van der Waals surface area (Å²) < 4.78 is 40.0. The Kier molecular flexibility index (Phi) is 7.73. The molecule has 1 aromatic carbocycles. The second-order valence-electron chi connectivity index (χ2n) is 5.27. The first kappa shape index (κ1) is 19.6. The second-order valence-corrected chi connectivity index (χ2v) is 5.27. The minimum Gasteiger partial charge on any atom is -0.490 e. The van der Waals surface area contributed by atoms with Crippen molar-refractivity contribution in [2.45, 2.75) is 26.5 Å². The van der Waals surface area contributed by atoms with Crippen LogP contribution >= 0.6 is 0 Å². The van der Waals surface area contributed by atoms with Crippen LogP contribution in [-0.4, -0.2) is 32.8 Å². The highest BCUT2D eigenvalue weighted by molar-refractivity contribution is 5.79. The molecule has 0 saturated heterocycles. The van der Waals surface area contributed by atoms with Crippen molar-refractivity contribution >= 4 is 5.96 Å². The molecule has 0 aliphatic carbocycles. The van der Waals surface area contributed by atoms with E-state index in [2.05, 4.69) is 20.4 Å². The molecule has 0 aliphatic heterocycles. The zero-order valence-corrected chi connectivity index (χ0v) is 14.8. The van der Waals surface area contributed by atoms with Crippen LogP contribution in [0, 0.1) is 0 Å². The number of benzene rings is 1. The van der Waals surface area contributed by atoms with E-state index in [9.17, 15) is 8.78 Å². The van der Waals surface area contributed by atoms with E-state index in [1.807, 2.05) is 12.1 Å². The number of halogens is 2. The highest BCUT2D eigenvalue weighted by Crippen LogP contribution is 2.29. The molecular weight excluding hydrogens is 344 g/mol. The lowest BCUT2D eigenvalue weighted by molar-refractivity contribution is -0.0514. The fourth-order valence-corrected chi connectivity index (χ4v) is 2.29. The summed E-state index contributed by atoms with van der Waals surface area (Å²) in [5.74, 6) is 1.82. The average molecular weight is 367 g/mol. The van der Waals surface area contributed by atoms with Crippen LogP contribution in [0.2, 0.25) is 0 Å². The van der Waals surface area contributed by atoms with Gasteiger partial charge in [0.2, 0.25) is 0 Å². The van der Waals surface area contributed by atoms with Crippen molar-refractivity contribution in [1.29, 1.82) is 0 Å². The summed E-state index contributed by atoms with van der Waals surface area (Å²) in [6.07, 6.45) is 2.38. The molecule has 0 bridgehead atoms. The molecule has 0 aliphatic rings. The van der Waals surface area contributed by atoms with E-state index in [0.717, 1.165) is 17.7 Å². The van der Waals surface area contributed by atoms with Gasteiger partial charge in [0, 0.05) is 26.6 Å². The topological polar surface area (TPSA) is 68.0 Å². The van der Waals surface area contributed by atoms with Gasteiger partial charge in [0.15, 0.2) is 17.5 Å². The number of furan rings is 1. The molecule has 8 heteroatoms. The molecule has 0 unspecified atom stereocenters. The number of nitrogens with zero attached hydrogens (tertiary/aromatic N) is 1. The van der Waals surface area contributed by atoms with E-state index < -0.39 is 6.61 Å². The number of ether oxygens (including phenoxy) is 2. The van der Waals surface area contributed by atoms with Gasteiger partial charge in [0.25, 0.3) is 0 Å². The quantitative estimate of drug-likeness (QED) is 0.526. The van der Waals surface area contributed by atoms with Crippen LogP contribution in [-0.2, 0) is 13.0 Å². The molecule has 0 radical (unpaired) electrons. The SMILES string of the molecule is CCOc1cc(CNC(=NC)NCCc2ccco2)ccc1OC(F)F. The van der Waals surface area contributed by atoms with Crippen LogP contribution < -0.4 is 20.1 Å². The third kappa shape index (κ3) is 6.27. The molecule has 1 heterocycles. The summed E-state index contributed by atoms with van der Waals surface area (Å²) in [5.41, 5.74) is 0.851. The fourth-order valence-electron chi connectivity index (χ4n) is 2.29. The Labute approximate surface area is 151 Å². The van der Waals surface area contributed by atoms with Gasteiger partial charge in [0.1, 0.15) is 5.76 Å². The highest BCUT2D eigenvalue weighted by Gasteiger charge is 2.11. The van der Waals surface area contributed by atoms with Crippen molar-refractivity contribution in [3.63, 3.8) is 0 Å². The van der Waals surface area contributed by atoms with Gasteiger partial charge in [-0.15, -0.1) is 0 Å². The van der Waals surface area contributed by atoms with Crippen LogP contribution in [0.25, 0.3) is 0 Å². The first-order chi connectivity index (χ1) is 12.6. The van der Waals surface area contributed by atoms with Gasteiger partial charge in [-0.25, -0.2) is 0 Å². The number of rotatable bonds is 9. The maximum Gasteiger partial charge on any atom is 0.387 e. The molecule has 2 rings (SSSR count). The van der Waals surface area contributed by atoms with E-state index >= 15 is 0 Å². The number of nitrogens with one attached hydrogen (secondary N) is 2. The zero-order chi connectivity index (χ0) is 18.8.